The van der Waals surface area contributed by atoms with Gasteiger partial charge in [0.25, 0.3) is 10.0 Å². The van der Waals surface area contributed by atoms with E-state index in [2.05, 4.69) is 0 Å². The van der Waals surface area contributed by atoms with E-state index in [9.17, 15) is 12.8 Å². The number of aromatic nitrogens is 1. The zero-order valence-corrected chi connectivity index (χ0v) is 17.4. The van der Waals surface area contributed by atoms with Crippen LogP contribution >= 0.6 is 0 Å². The predicted octanol–water partition coefficient (Wildman–Crippen LogP) is 4.76. The van der Waals surface area contributed by atoms with Crippen LogP contribution in [0.2, 0.25) is 0 Å². The maximum absolute atomic E-state index is 13.3. The van der Waals surface area contributed by atoms with Gasteiger partial charge in [0.2, 0.25) is 0 Å². The highest BCUT2D eigenvalue weighted by Gasteiger charge is 2.28. The second-order valence-electron chi connectivity index (χ2n) is 7.56. The normalized spacial score (nSPS) is 15.0. The van der Waals surface area contributed by atoms with E-state index in [1.54, 1.807) is 42.6 Å². The molecule has 0 fully saturated rings. The van der Waals surface area contributed by atoms with Crippen LogP contribution in [0.3, 0.4) is 0 Å². The first kappa shape index (κ1) is 19.5. The summed E-state index contributed by atoms with van der Waals surface area (Å²) in [5, 5.41) is 0. The van der Waals surface area contributed by atoms with Gasteiger partial charge in [-0.3, -0.25) is 0 Å². The van der Waals surface area contributed by atoms with E-state index in [1.165, 1.54) is 16.1 Å². The Labute approximate surface area is 171 Å². The Morgan fingerprint density at radius 3 is 2.31 bits per heavy atom. The van der Waals surface area contributed by atoms with Crippen molar-refractivity contribution in [2.75, 3.05) is 7.05 Å². The molecule has 0 spiro atoms. The molecule has 1 aliphatic rings. The zero-order chi connectivity index (χ0) is 20.8. The molecular weight excluding hydrogens is 387 g/mol. The average molecular weight is 411 g/mol. The maximum atomic E-state index is 13.3. The Morgan fingerprint density at radius 2 is 1.66 bits per heavy atom. The molecule has 150 valence electrons. The summed E-state index contributed by atoms with van der Waals surface area (Å²) in [4.78, 5) is 2.26. The minimum atomic E-state index is -3.68. The molecule has 4 nitrogen and oxygen atoms in total. The number of hydrogen-bond acceptors (Lipinski definition) is 3. The van der Waals surface area contributed by atoms with Gasteiger partial charge in [0, 0.05) is 30.9 Å². The molecule has 0 radical (unpaired) electrons. The van der Waals surface area contributed by atoms with Crippen molar-refractivity contribution < 1.29 is 12.8 Å². The number of nitrogens with zero attached hydrogens (tertiary/aromatic N) is 2. The number of aryl methyl sites for hydroxylation is 1. The summed E-state index contributed by atoms with van der Waals surface area (Å²) in [5.41, 5.74) is 4.65. The molecule has 6 heteroatoms. The molecule has 0 saturated heterocycles. The van der Waals surface area contributed by atoms with Crippen LogP contribution in [0.25, 0.3) is 5.57 Å². The van der Waals surface area contributed by atoms with Crippen molar-refractivity contribution in [3.05, 3.63) is 95.2 Å². The summed E-state index contributed by atoms with van der Waals surface area (Å²) in [7, 11) is -1.76. The monoisotopic (exact) mass is 410 g/mol. The molecule has 29 heavy (non-hydrogen) atoms. The second kappa shape index (κ2) is 7.19. The summed E-state index contributed by atoms with van der Waals surface area (Å²) in [5.74, 6) is -0.276. The topological polar surface area (TPSA) is 42.3 Å². The zero-order valence-electron chi connectivity index (χ0n) is 16.6. The summed E-state index contributed by atoms with van der Waals surface area (Å²) in [6, 6.07) is 15.2. The largest absolute Gasteiger partial charge is 0.374 e. The number of allylic oxidation sites excluding steroid dienone is 1. The third-order valence-corrected chi connectivity index (χ3v) is 7.17. The van der Waals surface area contributed by atoms with Crippen molar-refractivity contribution in [1.82, 2.24) is 8.87 Å². The van der Waals surface area contributed by atoms with Gasteiger partial charge in [-0.2, -0.15) is 0 Å². The molecule has 0 N–H and O–H groups in total. The molecule has 4 rings (SSSR count). The number of benzene rings is 2. The lowest BCUT2D eigenvalue weighted by Gasteiger charge is -2.28. The smallest absolute Gasteiger partial charge is 0.267 e. The summed E-state index contributed by atoms with van der Waals surface area (Å²) >= 11 is 0. The average Bonchev–Trinajstić information content (AvgIpc) is 3.12. The van der Waals surface area contributed by atoms with Crippen molar-refractivity contribution in [3.63, 3.8) is 0 Å². The van der Waals surface area contributed by atoms with Gasteiger partial charge in [-0.05, 0) is 48.4 Å². The standard InChI is InChI=1S/C23H23FN2O2S/c1-16-4-10-20(11-5-16)29(27,28)26-13-12-21-22(14-25(3)15-23(21)26)17(2)18-6-8-19(24)9-7-18/h4-14,17H,15H2,1-3H3. The van der Waals surface area contributed by atoms with Gasteiger partial charge in [0.1, 0.15) is 5.82 Å². The van der Waals surface area contributed by atoms with Crippen LogP contribution in [0.1, 0.15) is 35.2 Å². The van der Waals surface area contributed by atoms with E-state index in [1.807, 2.05) is 38.1 Å². The SMILES string of the molecule is Cc1ccc(S(=O)(=O)n2ccc3c2CN(C)C=C3C(C)c2ccc(F)cc2)cc1. The highest BCUT2D eigenvalue weighted by molar-refractivity contribution is 7.90. The van der Waals surface area contributed by atoms with E-state index in [0.717, 1.165) is 28.0 Å². The first-order valence-corrected chi connectivity index (χ1v) is 10.9. The van der Waals surface area contributed by atoms with Crippen LogP contribution < -0.4 is 0 Å². The quantitative estimate of drug-likeness (QED) is 0.623. The Bertz CT molecular complexity index is 1180. The summed E-state index contributed by atoms with van der Waals surface area (Å²) in [6.45, 7) is 4.47. The van der Waals surface area contributed by atoms with Gasteiger partial charge in [-0.25, -0.2) is 16.8 Å². The van der Waals surface area contributed by atoms with Gasteiger partial charge in [-0.15, -0.1) is 0 Å². The minimum absolute atomic E-state index is 0.00460. The Morgan fingerprint density at radius 1 is 1.00 bits per heavy atom. The van der Waals surface area contributed by atoms with Crippen molar-refractivity contribution in [3.8, 4) is 0 Å². The molecule has 0 saturated carbocycles. The van der Waals surface area contributed by atoms with Crippen LogP contribution in [-0.2, 0) is 16.6 Å². The van der Waals surface area contributed by atoms with Gasteiger partial charge < -0.3 is 4.90 Å². The maximum Gasteiger partial charge on any atom is 0.267 e. The Balaban J connectivity index is 1.78. The van der Waals surface area contributed by atoms with E-state index < -0.39 is 10.0 Å². The third kappa shape index (κ3) is 3.49. The minimum Gasteiger partial charge on any atom is -0.374 e. The second-order valence-corrected chi connectivity index (χ2v) is 9.38. The van der Waals surface area contributed by atoms with Crippen LogP contribution in [0.15, 0.2) is 71.9 Å². The molecule has 0 aliphatic carbocycles. The molecule has 3 aromatic rings. The highest BCUT2D eigenvalue weighted by Crippen LogP contribution is 2.38. The molecule has 2 heterocycles. The molecule has 0 amide bonds. The van der Waals surface area contributed by atoms with Crippen LogP contribution in [0.4, 0.5) is 4.39 Å². The van der Waals surface area contributed by atoms with E-state index in [0.29, 0.717) is 6.54 Å². The molecule has 1 aromatic heterocycles. The summed E-state index contributed by atoms with van der Waals surface area (Å²) < 4.78 is 41.2. The van der Waals surface area contributed by atoms with Gasteiger partial charge in [0.15, 0.2) is 0 Å². The van der Waals surface area contributed by atoms with Crippen molar-refractivity contribution in [2.45, 2.75) is 31.2 Å². The molecule has 1 atom stereocenters. The molecular formula is C23H23FN2O2S. The van der Waals surface area contributed by atoms with Crippen molar-refractivity contribution >= 4 is 15.6 Å². The third-order valence-electron chi connectivity index (χ3n) is 5.44. The molecule has 2 aromatic carbocycles. The molecule has 1 aliphatic heterocycles. The highest BCUT2D eigenvalue weighted by atomic mass is 32.2. The lowest BCUT2D eigenvalue weighted by molar-refractivity contribution is 0.433. The number of rotatable bonds is 4. The fraction of sp³-hybridized carbons (Fsp3) is 0.217. The van der Waals surface area contributed by atoms with Crippen molar-refractivity contribution in [2.24, 2.45) is 0 Å². The first-order chi connectivity index (χ1) is 13.8. The Hall–Kier alpha value is -2.86. The predicted molar refractivity (Wildman–Crippen MR) is 112 cm³/mol. The van der Waals surface area contributed by atoms with Crippen LogP contribution in [-0.4, -0.2) is 24.3 Å². The Kier molecular flexibility index (Phi) is 4.82. The summed E-state index contributed by atoms with van der Waals surface area (Å²) in [6.07, 6.45) is 3.67. The number of hydrogen-bond donors (Lipinski definition) is 0. The fourth-order valence-electron chi connectivity index (χ4n) is 3.78. The molecule has 1 unspecified atom stereocenters. The van der Waals surface area contributed by atoms with Crippen LogP contribution in [0, 0.1) is 12.7 Å². The molecule has 0 bridgehead atoms. The lowest BCUT2D eigenvalue weighted by Crippen LogP contribution is -2.24. The number of fused-ring (bicyclic) bond motifs is 1. The fourth-order valence-corrected chi connectivity index (χ4v) is 5.15. The van der Waals surface area contributed by atoms with Crippen molar-refractivity contribution in [1.29, 1.82) is 0 Å². The first-order valence-electron chi connectivity index (χ1n) is 9.47. The lowest BCUT2D eigenvalue weighted by atomic mass is 9.87. The van der Waals surface area contributed by atoms with Gasteiger partial charge in [0.05, 0.1) is 17.1 Å². The van der Waals surface area contributed by atoms with Crippen LogP contribution in [0.5, 0.6) is 0 Å². The van der Waals surface area contributed by atoms with E-state index in [4.69, 9.17) is 0 Å². The van der Waals surface area contributed by atoms with Gasteiger partial charge >= 0.3 is 0 Å². The number of halogens is 1. The van der Waals surface area contributed by atoms with Gasteiger partial charge in [-0.1, -0.05) is 36.8 Å². The van der Waals surface area contributed by atoms with E-state index >= 15 is 0 Å². The van der Waals surface area contributed by atoms with E-state index in [-0.39, 0.29) is 16.6 Å².